The van der Waals surface area contributed by atoms with Crippen molar-refractivity contribution < 1.29 is 4.74 Å². The van der Waals surface area contributed by atoms with Gasteiger partial charge in [0.15, 0.2) is 0 Å². The molecule has 100 valence electrons. The minimum Gasteiger partial charge on any atom is -0.424 e. The van der Waals surface area contributed by atoms with Gasteiger partial charge in [0, 0.05) is 12.6 Å². The van der Waals surface area contributed by atoms with Crippen molar-refractivity contribution in [1.82, 2.24) is 15.0 Å². The van der Waals surface area contributed by atoms with Crippen LogP contribution < -0.4 is 10.1 Å². The standard InChI is InChI=1S/C11H9Cl3N4O/c1-2-15-10-16-9(14)17-11(18-10)19-6-3-4-7(12)8(13)5-6/h3-5H,2H2,1H3,(H,15,16,17,18). The molecule has 8 heteroatoms. The quantitative estimate of drug-likeness (QED) is 0.921. The van der Waals surface area contributed by atoms with Gasteiger partial charge in [0.2, 0.25) is 11.2 Å². The molecular formula is C11H9Cl3N4O. The smallest absolute Gasteiger partial charge is 0.328 e. The predicted molar refractivity (Wildman–Crippen MR) is 75.5 cm³/mol. The number of aromatic nitrogens is 3. The SMILES string of the molecule is CCNc1nc(Cl)nc(Oc2ccc(Cl)c(Cl)c2)n1. The molecule has 0 amide bonds. The van der Waals surface area contributed by atoms with E-state index in [0.29, 0.717) is 28.3 Å². The molecule has 2 rings (SSSR count). The van der Waals surface area contributed by atoms with Crippen molar-refractivity contribution in [2.75, 3.05) is 11.9 Å². The lowest BCUT2D eigenvalue weighted by atomic mass is 10.3. The van der Waals surface area contributed by atoms with Crippen molar-refractivity contribution in [3.63, 3.8) is 0 Å². The number of nitrogens with zero attached hydrogens (tertiary/aromatic N) is 3. The van der Waals surface area contributed by atoms with Crippen LogP contribution in [0.1, 0.15) is 6.92 Å². The van der Waals surface area contributed by atoms with Crippen molar-refractivity contribution in [3.8, 4) is 11.8 Å². The second-order valence-corrected chi connectivity index (χ2v) is 4.57. The highest BCUT2D eigenvalue weighted by atomic mass is 35.5. The maximum Gasteiger partial charge on any atom is 0.328 e. The molecule has 0 aliphatic heterocycles. The molecule has 0 spiro atoms. The zero-order valence-electron chi connectivity index (χ0n) is 9.82. The van der Waals surface area contributed by atoms with Gasteiger partial charge in [-0.15, -0.1) is 0 Å². The Morgan fingerprint density at radius 2 is 1.89 bits per heavy atom. The number of nitrogens with one attached hydrogen (secondary N) is 1. The minimum absolute atomic E-state index is 0.0426. The van der Waals surface area contributed by atoms with Gasteiger partial charge >= 0.3 is 6.01 Å². The highest BCUT2D eigenvalue weighted by Gasteiger charge is 2.08. The van der Waals surface area contributed by atoms with Crippen LogP contribution in [0.3, 0.4) is 0 Å². The summed E-state index contributed by atoms with van der Waals surface area (Å²) in [5.74, 6) is 0.802. The van der Waals surface area contributed by atoms with Crippen molar-refractivity contribution in [2.24, 2.45) is 0 Å². The average molecular weight is 320 g/mol. The summed E-state index contributed by atoms with van der Waals surface area (Å²) in [5, 5.41) is 3.79. The predicted octanol–water partition coefficient (Wildman–Crippen LogP) is 4.06. The Morgan fingerprint density at radius 1 is 1.11 bits per heavy atom. The number of halogens is 3. The van der Waals surface area contributed by atoms with Crippen LogP contribution in [0.15, 0.2) is 18.2 Å². The summed E-state index contributed by atoms with van der Waals surface area (Å²) < 4.78 is 5.45. The van der Waals surface area contributed by atoms with E-state index in [2.05, 4.69) is 20.3 Å². The second-order valence-electron chi connectivity index (χ2n) is 3.42. The number of rotatable bonds is 4. The first-order valence-corrected chi connectivity index (χ1v) is 6.50. The molecule has 2 aromatic rings. The van der Waals surface area contributed by atoms with Crippen molar-refractivity contribution in [3.05, 3.63) is 33.5 Å². The third-order valence-corrected chi connectivity index (χ3v) is 2.93. The Morgan fingerprint density at radius 3 is 2.58 bits per heavy atom. The fourth-order valence-corrected chi connectivity index (χ4v) is 1.70. The number of anilines is 1. The van der Waals surface area contributed by atoms with E-state index in [4.69, 9.17) is 39.5 Å². The van der Waals surface area contributed by atoms with Gasteiger partial charge in [0.05, 0.1) is 10.0 Å². The molecule has 0 atom stereocenters. The maximum atomic E-state index is 5.89. The van der Waals surface area contributed by atoms with E-state index in [1.165, 1.54) is 0 Å². The summed E-state index contributed by atoms with van der Waals surface area (Å²) in [7, 11) is 0. The molecule has 0 radical (unpaired) electrons. The molecule has 1 heterocycles. The zero-order valence-corrected chi connectivity index (χ0v) is 12.1. The van der Waals surface area contributed by atoms with Crippen molar-refractivity contribution in [2.45, 2.75) is 6.92 Å². The van der Waals surface area contributed by atoms with Gasteiger partial charge in [-0.3, -0.25) is 0 Å². The summed E-state index contributed by atoms with van der Waals surface area (Å²) in [6.07, 6.45) is 0. The molecule has 0 unspecified atom stereocenters. The minimum atomic E-state index is 0.0426. The summed E-state index contributed by atoms with van der Waals surface area (Å²) in [4.78, 5) is 11.8. The summed E-state index contributed by atoms with van der Waals surface area (Å²) >= 11 is 17.5. The second kappa shape index (κ2) is 6.23. The molecule has 0 saturated heterocycles. The van der Waals surface area contributed by atoms with Gasteiger partial charge in [0.25, 0.3) is 0 Å². The van der Waals surface area contributed by atoms with E-state index in [1.807, 2.05) is 6.92 Å². The number of hydrogen-bond donors (Lipinski definition) is 1. The zero-order chi connectivity index (χ0) is 13.8. The van der Waals surface area contributed by atoms with Crippen LogP contribution in [-0.2, 0) is 0 Å². The lowest BCUT2D eigenvalue weighted by Crippen LogP contribution is -2.04. The molecule has 5 nitrogen and oxygen atoms in total. The first-order chi connectivity index (χ1) is 9.08. The van der Waals surface area contributed by atoms with E-state index in [-0.39, 0.29) is 11.3 Å². The van der Waals surface area contributed by atoms with E-state index in [9.17, 15) is 0 Å². The van der Waals surface area contributed by atoms with Gasteiger partial charge < -0.3 is 10.1 Å². The molecule has 1 aromatic carbocycles. The van der Waals surface area contributed by atoms with Crippen LogP contribution in [0.5, 0.6) is 11.8 Å². The first kappa shape index (κ1) is 14.1. The largest absolute Gasteiger partial charge is 0.424 e. The van der Waals surface area contributed by atoms with Crippen LogP contribution in [0.4, 0.5) is 5.95 Å². The summed E-state index contributed by atoms with van der Waals surface area (Å²) in [5.41, 5.74) is 0. The molecule has 1 aromatic heterocycles. The molecular weight excluding hydrogens is 311 g/mol. The average Bonchev–Trinajstić information content (AvgIpc) is 2.33. The first-order valence-electron chi connectivity index (χ1n) is 5.37. The summed E-state index contributed by atoms with van der Waals surface area (Å²) in [6.45, 7) is 2.57. The highest BCUT2D eigenvalue weighted by molar-refractivity contribution is 6.42. The topological polar surface area (TPSA) is 59.9 Å². The van der Waals surface area contributed by atoms with E-state index in [1.54, 1.807) is 18.2 Å². The van der Waals surface area contributed by atoms with Gasteiger partial charge in [-0.25, -0.2) is 0 Å². The van der Waals surface area contributed by atoms with E-state index < -0.39 is 0 Å². The van der Waals surface area contributed by atoms with E-state index >= 15 is 0 Å². The van der Waals surface area contributed by atoms with Gasteiger partial charge in [0.1, 0.15) is 5.75 Å². The lowest BCUT2D eigenvalue weighted by molar-refractivity contribution is 0.440. The molecule has 0 bridgehead atoms. The van der Waals surface area contributed by atoms with Crippen LogP contribution in [0, 0.1) is 0 Å². The normalized spacial score (nSPS) is 10.3. The Labute approximate surface area is 124 Å². The van der Waals surface area contributed by atoms with Crippen molar-refractivity contribution >= 4 is 40.8 Å². The Bertz CT molecular complexity index is 594. The van der Waals surface area contributed by atoms with Crippen LogP contribution in [0.25, 0.3) is 0 Å². The number of ether oxygens (including phenoxy) is 1. The Hall–Kier alpha value is -1.30. The highest BCUT2D eigenvalue weighted by Crippen LogP contribution is 2.28. The fourth-order valence-electron chi connectivity index (χ4n) is 1.26. The molecule has 0 fully saturated rings. The number of hydrogen-bond acceptors (Lipinski definition) is 5. The van der Waals surface area contributed by atoms with Crippen LogP contribution in [0.2, 0.25) is 15.3 Å². The van der Waals surface area contributed by atoms with Crippen LogP contribution in [-0.4, -0.2) is 21.5 Å². The van der Waals surface area contributed by atoms with Crippen molar-refractivity contribution in [1.29, 1.82) is 0 Å². The fraction of sp³-hybridized carbons (Fsp3) is 0.182. The monoisotopic (exact) mass is 318 g/mol. The third kappa shape index (κ3) is 3.83. The Balaban J connectivity index is 2.24. The third-order valence-electron chi connectivity index (χ3n) is 2.02. The molecule has 1 N–H and O–H groups in total. The lowest BCUT2D eigenvalue weighted by Gasteiger charge is -2.07. The molecule has 0 saturated carbocycles. The molecule has 0 aliphatic carbocycles. The summed E-state index contributed by atoms with van der Waals surface area (Å²) in [6, 6.07) is 4.91. The van der Waals surface area contributed by atoms with Gasteiger partial charge in [-0.1, -0.05) is 23.2 Å². The number of benzene rings is 1. The molecule has 0 aliphatic rings. The Kier molecular flexibility index (Phi) is 4.63. The maximum absolute atomic E-state index is 5.89. The molecule has 19 heavy (non-hydrogen) atoms. The van der Waals surface area contributed by atoms with E-state index in [0.717, 1.165) is 0 Å². The van der Waals surface area contributed by atoms with Crippen LogP contribution >= 0.6 is 34.8 Å². The van der Waals surface area contributed by atoms with Gasteiger partial charge in [-0.2, -0.15) is 15.0 Å². The van der Waals surface area contributed by atoms with Gasteiger partial charge in [-0.05, 0) is 30.7 Å².